The highest BCUT2D eigenvalue weighted by Crippen LogP contribution is 2.27. The second-order valence-corrected chi connectivity index (χ2v) is 8.49. The minimum atomic E-state index is -0.169. The first-order chi connectivity index (χ1) is 14.6. The van der Waals surface area contributed by atoms with Crippen molar-refractivity contribution in [1.29, 1.82) is 0 Å². The fourth-order valence-electron chi connectivity index (χ4n) is 4.50. The molecule has 4 rings (SSSR count). The van der Waals surface area contributed by atoms with Crippen LogP contribution >= 0.6 is 0 Å². The number of aromatic nitrogens is 3. The SMILES string of the molecule is CN(Cc1nc(-c2cccnc2)no1)C(=O)C1CCC(=O)N(CC2CCCCC2)C1. The number of pyridine rings is 1. The Morgan fingerprint density at radius 3 is 2.87 bits per heavy atom. The summed E-state index contributed by atoms with van der Waals surface area (Å²) in [5, 5.41) is 3.98. The summed E-state index contributed by atoms with van der Waals surface area (Å²) in [5.74, 6) is 1.47. The first kappa shape index (κ1) is 20.5. The zero-order chi connectivity index (χ0) is 20.9. The quantitative estimate of drug-likeness (QED) is 0.726. The summed E-state index contributed by atoms with van der Waals surface area (Å²) in [6, 6.07) is 3.67. The van der Waals surface area contributed by atoms with E-state index in [4.69, 9.17) is 4.52 Å². The molecule has 8 nitrogen and oxygen atoms in total. The molecular formula is C22H29N5O3. The average Bonchev–Trinajstić information content (AvgIpc) is 3.24. The van der Waals surface area contributed by atoms with E-state index >= 15 is 0 Å². The Balaban J connectivity index is 1.34. The van der Waals surface area contributed by atoms with Crippen molar-refractivity contribution in [3.05, 3.63) is 30.4 Å². The normalized spacial score (nSPS) is 20.4. The number of rotatable bonds is 6. The molecule has 2 aromatic rings. The van der Waals surface area contributed by atoms with Gasteiger partial charge in [-0.15, -0.1) is 0 Å². The van der Waals surface area contributed by atoms with E-state index in [9.17, 15) is 9.59 Å². The third-order valence-corrected chi connectivity index (χ3v) is 6.19. The molecule has 0 bridgehead atoms. The lowest BCUT2D eigenvalue weighted by Gasteiger charge is -2.36. The number of piperidine rings is 1. The second kappa shape index (κ2) is 9.36. The lowest BCUT2D eigenvalue weighted by Crippen LogP contribution is -2.47. The Morgan fingerprint density at radius 1 is 1.27 bits per heavy atom. The Morgan fingerprint density at radius 2 is 2.10 bits per heavy atom. The highest BCUT2D eigenvalue weighted by molar-refractivity contribution is 5.83. The van der Waals surface area contributed by atoms with Gasteiger partial charge >= 0.3 is 0 Å². The standard InChI is InChI=1S/C22H29N5O3/c1-26(15-19-24-21(25-30-19)17-8-5-11-23-12-17)22(29)18-9-10-20(28)27(14-18)13-16-6-3-2-4-7-16/h5,8,11-12,16,18H,2-4,6-7,9-10,13-15H2,1H3. The molecule has 1 atom stereocenters. The van der Waals surface area contributed by atoms with Gasteiger partial charge in [0.25, 0.3) is 0 Å². The van der Waals surface area contributed by atoms with Gasteiger partial charge in [0.2, 0.25) is 23.5 Å². The number of hydrogen-bond acceptors (Lipinski definition) is 6. The average molecular weight is 412 g/mol. The molecule has 30 heavy (non-hydrogen) atoms. The lowest BCUT2D eigenvalue weighted by molar-refractivity contribution is -0.143. The van der Waals surface area contributed by atoms with Gasteiger partial charge < -0.3 is 14.3 Å². The maximum atomic E-state index is 13.0. The van der Waals surface area contributed by atoms with Crippen LogP contribution in [0.15, 0.2) is 29.0 Å². The topological polar surface area (TPSA) is 92.4 Å². The molecule has 0 radical (unpaired) electrons. The molecule has 8 heteroatoms. The predicted molar refractivity (Wildman–Crippen MR) is 110 cm³/mol. The molecule has 2 aromatic heterocycles. The van der Waals surface area contributed by atoms with E-state index in [2.05, 4.69) is 15.1 Å². The molecule has 0 spiro atoms. The van der Waals surface area contributed by atoms with E-state index in [0.717, 1.165) is 12.1 Å². The van der Waals surface area contributed by atoms with Crippen LogP contribution in [0.2, 0.25) is 0 Å². The minimum Gasteiger partial charge on any atom is -0.342 e. The largest absolute Gasteiger partial charge is 0.342 e. The number of carbonyl (C=O) groups is 2. The second-order valence-electron chi connectivity index (χ2n) is 8.49. The molecule has 2 amide bonds. The molecule has 2 aliphatic rings. The van der Waals surface area contributed by atoms with Crippen LogP contribution in [0.25, 0.3) is 11.4 Å². The molecule has 3 heterocycles. The van der Waals surface area contributed by atoms with Crippen molar-refractivity contribution in [2.75, 3.05) is 20.1 Å². The van der Waals surface area contributed by atoms with Gasteiger partial charge in [0.05, 0.1) is 12.5 Å². The van der Waals surface area contributed by atoms with Crippen LogP contribution in [0.5, 0.6) is 0 Å². The van der Waals surface area contributed by atoms with Crippen LogP contribution in [-0.4, -0.2) is 56.9 Å². The maximum absolute atomic E-state index is 13.0. The highest BCUT2D eigenvalue weighted by Gasteiger charge is 2.33. The van der Waals surface area contributed by atoms with E-state index in [1.165, 1.54) is 32.1 Å². The molecule has 1 saturated heterocycles. The van der Waals surface area contributed by atoms with E-state index in [1.807, 2.05) is 17.0 Å². The molecule has 1 saturated carbocycles. The zero-order valence-electron chi connectivity index (χ0n) is 17.5. The van der Waals surface area contributed by atoms with E-state index in [-0.39, 0.29) is 24.3 Å². The summed E-state index contributed by atoms with van der Waals surface area (Å²) in [7, 11) is 1.75. The molecule has 1 aliphatic carbocycles. The lowest BCUT2D eigenvalue weighted by atomic mass is 9.87. The van der Waals surface area contributed by atoms with Gasteiger partial charge in [-0.2, -0.15) is 4.98 Å². The predicted octanol–water partition coefficient (Wildman–Crippen LogP) is 2.91. The van der Waals surface area contributed by atoms with Crippen molar-refractivity contribution in [3.8, 4) is 11.4 Å². The molecule has 0 aromatic carbocycles. The van der Waals surface area contributed by atoms with Crippen LogP contribution < -0.4 is 0 Å². The Kier molecular flexibility index (Phi) is 6.40. The van der Waals surface area contributed by atoms with Gasteiger partial charge in [0.1, 0.15) is 0 Å². The summed E-state index contributed by atoms with van der Waals surface area (Å²) in [6.45, 7) is 1.56. The Hall–Kier alpha value is -2.77. The van der Waals surface area contributed by atoms with Crippen molar-refractivity contribution < 1.29 is 14.1 Å². The maximum Gasteiger partial charge on any atom is 0.246 e. The van der Waals surface area contributed by atoms with Crippen LogP contribution in [0.3, 0.4) is 0 Å². The van der Waals surface area contributed by atoms with Crippen molar-refractivity contribution in [3.63, 3.8) is 0 Å². The summed E-state index contributed by atoms with van der Waals surface area (Å²) in [4.78, 5) is 37.4. The van der Waals surface area contributed by atoms with Gasteiger partial charge in [-0.05, 0) is 37.3 Å². The monoisotopic (exact) mass is 411 g/mol. The molecule has 1 aliphatic heterocycles. The fourth-order valence-corrected chi connectivity index (χ4v) is 4.50. The van der Waals surface area contributed by atoms with Crippen LogP contribution in [-0.2, 0) is 16.1 Å². The number of likely N-dealkylation sites (tertiary alicyclic amines) is 1. The van der Waals surface area contributed by atoms with Gasteiger partial charge in [-0.25, -0.2) is 0 Å². The zero-order valence-corrected chi connectivity index (χ0v) is 17.5. The highest BCUT2D eigenvalue weighted by atomic mass is 16.5. The summed E-state index contributed by atoms with van der Waals surface area (Å²) in [5.41, 5.74) is 0.769. The van der Waals surface area contributed by atoms with Gasteiger partial charge in [-0.3, -0.25) is 14.6 Å². The van der Waals surface area contributed by atoms with Crippen molar-refractivity contribution in [1.82, 2.24) is 24.9 Å². The van der Waals surface area contributed by atoms with E-state index in [0.29, 0.717) is 37.0 Å². The first-order valence-corrected chi connectivity index (χ1v) is 10.9. The minimum absolute atomic E-state index is 0.0253. The number of carbonyl (C=O) groups excluding carboxylic acids is 2. The third-order valence-electron chi connectivity index (χ3n) is 6.19. The number of hydrogen-bond donors (Lipinski definition) is 0. The summed E-state index contributed by atoms with van der Waals surface area (Å²) < 4.78 is 5.32. The molecular weight excluding hydrogens is 382 g/mol. The summed E-state index contributed by atoms with van der Waals surface area (Å²) in [6.07, 6.45) is 10.6. The van der Waals surface area contributed by atoms with E-state index < -0.39 is 0 Å². The molecule has 2 fully saturated rings. The van der Waals surface area contributed by atoms with Crippen molar-refractivity contribution in [2.24, 2.45) is 11.8 Å². The first-order valence-electron chi connectivity index (χ1n) is 10.9. The van der Waals surface area contributed by atoms with Gasteiger partial charge in [-0.1, -0.05) is 24.4 Å². The molecule has 0 N–H and O–H groups in total. The Bertz CT molecular complexity index is 863. The molecule has 160 valence electrons. The number of amides is 2. The van der Waals surface area contributed by atoms with E-state index in [1.54, 1.807) is 24.3 Å². The van der Waals surface area contributed by atoms with Crippen molar-refractivity contribution >= 4 is 11.8 Å². The third kappa shape index (κ3) is 4.86. The number of nitrogens with zero attached hydrogens (tertiary/aromatic N) is 5. The van der Waals surface area contributed by atoms with Crippen LogP contribution in [0, 0.1) is 11.8 Å². The van der Waals surface area contributed by atoms with Crippen LogP contribution in [0.4, 0.5) is 0 Å². The van der Waals surface area contributed by atoms with Crippen molar-refractivity contribution in [2.45, 2.75) is 51.5 Å². The van der Waals surface area contributed by atoms with Crippen LogP contribution in [0.1, 0.15) is 50.8 Å². The fraction of sp³-hybridized carbons (Fsp3) is 0.591. The smallest absolute Gasteiger partial charge is 0.246 e. The van der Waals surface area contributed by atoms with Gasteiger partial charge in [0, 0.05) is 44.5 Å². The summed E-state index contributed by atoms with van der Waals surface area (Å²) >= 11 is 0. The Labute approximate surface area is 176 Å². The molecule has 1 unspecified atom stereocenters. The van der Waals surface area contributed by atoms with Gasteiger partial charge in [0.15, 0.2) is 0 Å².